The molecule has 0 aliphatic carbocycles. The van der Waals surface area contributed by atoms with Crippen LogP contribution in [0.2, 0.25) is 0 Å². The van der Waals surface area contributed by atoms with Gasteiger partial charge in [-0.25, -0.2) is 0 Å². The average molecular weight is 451 g/mol. The van der Waals surface area contributed by atoms with Crippen LogP contribution in [0.25, 0.3) is 43.8 Å². The van der Waals surface area contributed by atoms with Gasteiger partial charge >= 0.3 is 0 Å². The van der Waals surface area contributed by atoms with Crippen molar-refractivity contribution in [1.82, 2.24) is 0 Å². The molecule has 0 saturated heterocycles. The summed E-state index contributed by atoms with van der Waals surface area (Å²) in [5.74, 6) is 0. The van der Waals surface area contributed by atoms with Gasteiger partial charge in [-0.3, -0.25) is 0 Å². The van der Waals surface area contributed by atoms with Crippen molar-refractivity contribution in [3.8, 4) is 22.3 Å². The molecular weight excluding hydrogens is 424 g/mol. The van der Waals surface area contributed by atoms with Gasteiger partial charge in [0, 0.05) is 0 Å². The maximum Gasteiger partial charge on any atom is 0.0721 e. The fourth-order valence-corrected chi connectivity index (χ4v) is 4.80. The zero-order valence-electron chi connectivity index (χ0n) is 19.5. The number of hydrogen-bond acceptors (Lipinski definition) is 1. The predicted molar refractivity (Wildman–Crippen MR) is 147 cm³/mol. The van der Waals surface area contributed by atoms with Gasteiger partial charge in [0.2, 0.25) is 0 Å². The first-order chi connectivity index (χ1) is 17.3. The summed E-state index contributed by atoms with van der Waals surface area (Å²) < 4.78 is 6.04. The molecule has 0 heterocycles. The van der Waals surface area contributed by atoms with Crippen LogP contribution in [0.4, 0.5) is 0 Å². The molecule has 0 aromatic heterocycles. The first kappa shape index (κ1) is 21.3. The molecule has 6 aromatic rings. The van der Waals surface area contributed by atoms with Crippen molar-refractivity contribution in [2.24, 2.45) is 0 Å². The van der Waals surface area contributed by atoms with Crippen molar-refractivity contribution in [1.29, 1.82) is 0 Å². The van der Waals surface area contributed by atoms with E-state index in [2.05, 4.69) is 133 Å². The topological polar surface area (TPSA) is 9.23 Å². The largest absolute Gasteiger partial charge is 0.372 e. The van der Waals surface area contributed by atoms with Crippen molar-refractivity contribution < 1.29 is 4.74 Å². The zero-order valence-corrected chi connectivity index (χ0v) is 19.5. The van der Waals surface area contributed by atoms with Gasteiger partial charge in [0.1, 0.15) is 0 Å². The summed E-state index contributed by atoms with van der Waals surface area (Å²) in [6, 6.07) is 47.5. The Morgan fingerprint density at radius 2 is 0.771 bits per heavy atom. The highest BCUT2D eigenvalue weighted by Crippen LogP contribution is 2.30. The molecule has 0 bridgehead atoms. The van der Waals surface area contributed by atoms with Crippen LogP contribution in [0, 0.1) is 0 Å². The summed E-state index contributed by atoms with van der Waals surface area (Å²) in [5.41, 5.74) is 7.36. The molecule has 0 amide bonds. The Morgan fingerprint density at radius 3 is 1.23 bits per heavy atom. The third-order valence-corrected chi connectivity index (χ3v) is 6.65. The fourth-order valence-electron chi connectivity index (χ4n) is 4.80. The maximum absolute atomic E-state index is 6.04. The van der Waals surface area contributed by atoms with Crippen molar-refractivity contribution in [2.75, 3.05) is 0 Å². The molecule has 1 heteroatoms. The lowest BCUT2D eigenvalue weighted by Crippen LogP contribution is -1.94. The highest BCUT2D eigenvalue weighted by atomic mass is 16.5. The molecule has 0 atom stereocenters. The predicted octanol–water partition coefficient (Wildman–Crippen LogP) is 9.04. The highest BCUT2D eigenvalue weighted by Gasteiger charge is 2.05. The SMILES string of the molecule is c1ccc2c(-c3ccc(COCc4ccc(-c5cccc6ccccc56)cc4)cc3)cccc2c1. The smallest absolute Gasteiger partial charge is 0.0721 e. The lowest BCUT2D eigenvalue weighted by Gasteiger charge is -2.10. The van der Waals surface area contributed by atoms with E-state index in [4.69, 9.17) is 4.74 Å². The molecule has 35 heavy (non-hydrogen) atoms. The van der Waals surface area contributed by atoms with E-state index in [9.17, 15) is 0 Å². The van der Waals surface area contributed by atoms with Crippen molar-refractivity contribution >= 4 is 21.5 Å². The lowest BCUT2D eigenvalue weighted by molar-refractivity contribution is 0.107. The van der Waals surface area contributed by atoms with E-state index in [1.54, 1.807) is 0 Å². The van der Waals surface area contributed by atoms with Crippen LogP contribution >= 0.6 is 0 Å². The van der Waals surface area contributed by atoms with Gasteiger partial charge < -0.3 is 4.74 Å². The molecule has 0 aliphatic heterocycles. The number of benzene rings is 6. The summed E-state index contributed by atoms with van der Waals surface area (Å²) in [4.78, 5) is 0. The molecule has 0 radical (unpaired) electrons. The average Bonchev–Trinajstić information content (AvgIpc) is 2.93. The standard InChI is InChI=1S/C34H26O/c1-3-11-31-27(7-1)9-5-13-33(31)29-19-15-25(16-20-29)23-35-24-26-17-21-30(22-18-26)34-14-6-10-28-8-2-4-12-32(28)34/h1-22H,23-24H2. The molecule has 0 spiro atoms. The van der Waals surface area contributed by atoms with Gasteiger partial charge in [-0.15, -0.1) is 0 Å². The van der Waals surface area contributed by atoms with Crippen LogP contribution in [0.1, 0.15) is 11.1 Å². The fraction of sp³-hybridized carbons (Fsp3) is 0.0588. The van der Waals surface area contributed by atoms with E-state index in [1.165, 1.54) is 54.9 Å². The number of fused-ring (bicyclic) bond motifs is 2. The van der Waals surface area contributed by atoms with Crippen LogP contribution in [0.15, 0.2) is 133 Å². The molecule has 0 unspecified atom stereocenters. The number of hydrogen-bond donors (Lipinski definition) is 0. The third-order valence-electron chi connectivity index (χ3n) is 6.65. The normalized spacial score (nSPS) is 11.2. The molecule has 6 aromatic carbocycles. The van der Waals surface area contributed by atoms with Gasteiger partial charge in [-0.05, 0) is 54.9 Å². The van der Waals surface area contributed by atoms with Gasteiger partial charge in [0.25, 0.3) is 0 Å². The van der Waals surface area contributed by atoms with E-state index in [-0.39, 0.29) is 0 Å². The van der Waals surface area contributed by atoms with E-state index < -0.39 is 0 Å². The Kier molecular flexibility index (Phi) is 5.84. The molecule has 1 nitrogen and oxygen atoms in total. The number of ether oxygens (including phenoxy) is 1. The Hall–Kier alpha value is -4.20. The second kappa shape index (κ2) is 9.58. The van der Waals surface area contributed by atoms with Crippen LogP contribution < -0.4 is 0 Å². The molecule has 0 saturated carbocycles. The molecule has 168 valence electrons. The van der Waals surface area contributed by atoms with E-state index in [0.29, 0.717) is 13.2 Å². The second-order valence-corrected chi connectivity index (χ2v) is 8.94. The van der Waals surface area contributed by atoms with Gasteiger partial charge in [0.05, 0.1) is 13.2 Å². The van der Waals surface area contributed by atoms with Gasteiger partial charge in [0.15, 0.2) is 0 Å². The molecule has 6 rings (SSSR count). The maximum atomic E-state index is 6.04. The first-order valence-corrected chi connectivity index (χ1v) is 12.1. The Bertz CT molecular complexity index is 1460. The molecule has 0 fully saturated rings. The van der Waals surface area contributed by atoms with E-state index in [1.807, 2.05) is 0 Å². The second-order valence-electron chi connectivity index (χ2n) is 8.94. The molecule has 0 N–H and O–H groups in total. The highest BCUT2D eigenvalue weighted by molar-refractivity contribution is 5.97. The summed E-state index contributed by atoms with van der Waals surface area (Å²) >= 11 is 0. The number of rotatable bonds is 6. The monoisotopic (exact) mass is 450 g/mol. The Balaban J connectivity index is 1.11. The van der Waals surface area contributed by atoms with Crippen LogP contribution in [0.5, 0.6) is 0 Å². The van der Waals surface area contributed by atoms with E-state index >= 15 is 0 Å². The van der Waals surface area contributed by atoms with Crippen molar-refractivity contribution in [3.63, 3.8) is 0 Å². The van der Waals surface area contributed by atoms with Gasteiger partial charge in [-0.1, -0.05) is 133 Å². The van der Waals surface area contributed by atoms with Crippen LogP contribution in [0.3, 0.4) is 0 Å². The third kappa shape index (κ3) is 4.47. The lowest BCUT2D eigenvalue weighted by atomic mass is 9.97. The minimum atomic E-state index is 0.598. The van der Waals surface area contributed by atoms with Crippen LogP contribution in [-0.4, -0.2) is 0 Å². The summed E-state index contributed by atoms with van der Waals surface area (Å²) in [7, 11) is 0. The van der Waals surface area contributed by atoms with Crippen LogP contribution in [-0.2, 0) is 18.0 Å². The van der Waals surface area contributed by atoms with Gasteiger partial charge in [-0.2, -0.15) is 0 Å². The zero-order chi connectivity index (χ0) is 23.5. The summed E-state index contributed by atoms with van der Waals surface area (Å²) in [5, 5.41) is 5.10. The molecule has 0 aliphatic rings. The summed E-state index contributed by atoms with van der Waals surface area (Å²) in [6.07, 6.45) is 0. The first-order valence-electron chi connectivity index (χ1n) is 12.1. The van der Waals surface area contributed by atoms with Crippen molar-refractivity contribution in [3.05, 3.63) is 145 Å². The minimum absolute atomic E-state index is 0.598. The Morgan fingerprint density at radius 1 is 0.371 bits per heavy atom. The van der Waals surface area contributed by atoms with E-state index in [0.717, 1.165) is 0 Å². The molecular formula is C34H26O. The van der Waals surface area contributed by atoms with Crippen molar-refractivity contribution in [2.45, 2.75) is 13.2 Å². The quantitative estimate of drug-likeness (QED) is 0.246. The Labute approximate surface area is 206 Å². The summed E-state index contributed by atoms with van der Waals surface area (Å²) in [6.45, 7) is 1.20. The minimum Gasteiger partial charge on any atom is -0.372 e.